The van der Waals surface area contributed by atoms with Crippen molar-refractivity contribution in [1.82, 2.24) is 4.72 Å². The molecule has 0 heterocycles. The molecule has 1 aromatic rings. The van der Waals surface area contributed by atoms with Crippen molar-refractivity contribution in [2.45, 2.75) is 46.0 Å². The van der Waals surface area contributed by atoms with Crippen LogP contribution in [-0.4, -0.2) is 27.8 Å². The van der Waals surface area contributed by atoms with E-state index < -0.39 is 10.0 Å². The predicted molar refractivity (Wildman–Crippen MR) is 87.5 cm³/mol. The van der Waals surface area contributed by atoms with E-state index in [1.54, 1.807) is 7.11 Å². The van der Waals surface area contributed by atoms with Crippen molar-refractivity contribution in [2.75, 3.05) is 19.4 Å². The molecule has 4 nitrogen and oxygen atoms in total. The maximum atomic E-state index is 11.7. The van der Waals surface area contributed by atoms with Crippen LogP contribution in [0.4, 0.5) is 0 Å². The molecule has 5 heteroatoms. The fourth-order valence-electron chi connectivity index (χ4n) is 2.12. The van der Waals surface area contributed by atoms with Crippen molar-refractivity contribution in [3.05, 3.63) is 29.3 Å². The van der Waals surface area contributed by atoms with Gasteiger partial charge in [-0.05, 0) is 35.4 Å². The first-order valence-electron chi connectivity index (χ1n) is 7.34. The fraction of sp³-hybridized carbons (Fsp3) is 0.625. The van der Waals surface area contributed by atoms with Gasteiger partial charge in [0.1, 0.15) is 5.75 Å². The van der Waals surface area contributed by atoms with Gasteiger partial charge in [0.15, 0.2) is 0 Å². The van der Waals surface area contributed by atoms with Gasteiger partial charge in [0.05, 0.1) is 12.9 Å². The van der Waals surface area contributed by atoms with Crippen LogP contribution in [-0.2, 0) is 21.9 Å². The van der Waals surface area contributed by atoms with Crippen molar-refractivity contribution in [3.8, 4) is 5.75 Å². The Morgan fingerprint density at radius 3 is 2.43 bits per heavy atom. The Morgan fingerprint density at radius 1 is 1.24 bits per heavy atom. The number of hydrogen-bond donors (Lipinski definition) is 1. The van der Waals surface area contributed by atoms with Gasteiger partial charge in [-0.1, -0.05) is 39.8 Å². The van der Waals surface area contributed by atoms with Gasteiger partial charge in [-0.2, -0.15) is 0 Å². The van der Waals surface area contributed by atoms with E-state index in [9.17, 15) is 8.42 Å². The molecule has 21 heavy (non-hydrogen) atoms. The number of nitrogens with one attached hydrogen (secondary N) is 1. The van der Waals surface area contributed by atoms with Gasteiger partial charge >= 0.3 is 0 Å². The van der Waals surface area contributed by atoms with Crippen LogP contribution in [0.25, 0.3) is 0 Å². The van der Waals surface area contributed by atoms with Crippen LogP contribution in [0.5, 0.6) is 5.75 Å². The molecule has 0 radical (unpaired) electrons. The highest BCUT2D eigenvalue weighted by Gasteiger charge is 2.16. The lowest BCUT2D eigenvalue weighted by atomic mass is 9.85. The summed E-state index contributed by atoms with van der Waals surface area (Å²) in [6, 6.07) is 6.12. The molecule has 0 aromatic heterocycles. The largest absolute Gasteiger partial charge is 0.496 e. The molecule has 0 spiro atoms. The molecule has 1 N–H and O–H groups in total. The fourth-order valence-corrected chi connectivity index (χ4v) is 3.22. The standard InChI is InChI=1S/C16H27NO3S/c1-6-11-21(18,19)17-10-9-13-12-14(16(2,3)4)7-8-15(13)20-5/h7-8,12,17H,6,9-11H2,1-5H3. The third-order valence-corrected chi connectivity index (χ3v) is 4.93. The summed E-state index contributed by atoms with van der Waals surface area (Å²) in [4.78, 5) is 0. The molecular formula is C16H27NO3S. The zero-order chi connectivity index (χ0) is 16.1. The number of methoxy groups -OCH3 is 1. The first-order chi connectivity index (χ1) is 9.69. The van der Waals surface area contributed by atoms with Crippen LogP contribution >= 0.6 is 0 Å². The highest BCUT2D eigenvalue weighted by Crippen LogP contribution is 2.28. The molecule has 0 amide bonds. The number of ether oxygens (including phenoxy) is 1. The number of rotatable bonds is 7. The first-order valence-corrected chi connectivity index (χ1v) is 8.99. The lowest BCUT2D eigenvalue weighted by Gasteiger charge is -2.21. The summed E-state index contributed by atoms with van der Waals surface area (Å²) >= 11 is 0. The molecule has 0 aliphatic heterocycles. The molecule has 0 unspecified atom stereocenters. The summed E-state index contributed by atoms with van der Waals surface area (Å²) in [7, 11) is -1.51. The van der Waals surface area contributed by atoms with E-state index in [-0.39, 0.29) is 11.2 Å². The molecule has 0 saturated carbocycles. The van der Waals surface area contributed by atoms with Crippen LogP contribution in [0.1, 0.15) is 45.2 Å². The van der Waals surface area contributed by atoms with Crippen molar-refractivity contribution >= 4 is 10.0 Å². The number of hydrogen-bond acceptors (Lipinski definition) is 3. The maximum absolute atomic E-state index is 11.7. The van der Waals surface area contributed by atoms with E-state index in [1.807, 2.05) is 13.0 Å². The molecule has 1 aromatic carbocycles. The average molecular weight is 313 g/mol. The van der Waals surface area contributed by atoms with Crippen molar-refractivity contribution in [3.63, 3.8) is 0 Å². The molecule has 0 bridgehead atoms. The van der Waals surface area contributed by atoms with Gasteiger partial charge in [0.25, 0.3) is 0 Å². The number of benzene rings is 1. The molecule has 120 valence electrons. The van der Waals surface area contributed by atoms with Crippen molar-refractivity contribution < 1.29 is 13.2 Å². The highest BCUT2D eigenvalue weighted by molar-refractivity contribution is 7.89. The zero-order valence-corrected chi connectivity index (χ0v) is 14.5. The Morgan fingerprint density at radius 2 is 1.90 bits per heavy atom. The molecule has 0 aliphatic rings. The van der Waals surface area contributed by atoms with Crippen molar-refractivity contribution in [2.24, 2.45) is 0 Å². The Kier molecular flexibility index (Phi) is 6.23. The topological polar surface area (TPSA) is 55.4 Å². The first kappa shape index (κ1) is 18.0. The molecule has 0 fully saturated rings. The Balaban J connectivity index is 2.82. The third kappa shape index (κ3) is 5.67. The Labute approximate surface area is 129 Å². The van der Waals surface area contributed by atoms with Gasteiger partial charge in [-0.3, -0.25) is 0 Å². The average Bonchev–Trinajstić information content (AvgIpc) is 2.37. The second-order valence-electron chi connectivity index (χ2n) is 6.24. The van der Waals surface area contributed by atoms with Gasteiger partial charge in [0.2, 0.25) is 10.0 Å². The van der Waals surface area contributed by atoms with Gasteiger partial charge in [-0.25, -0.2) is 13.1 Å². The zero-order valence-electron chi connectivity index (χ0n) is 13.7. The maximum Gasteiger partial charge on any atom is 0.211 e. The van der Waals surface area contributed by atoms with Gasteiger partial charge in [-0.15, -0.1) is 0 Å². The van der Waals surface area contributed by atoms with E-state index in [1.165, 1.54) is 5.56 Å². The van der Waals surface area contributed by atoms with E-state index in [0.29, 0.717) is 19.4 Å². The second-order valence-corrected chi connectivity index (χ2v) is 8.17. The summed E-state index contributed by atoms with van der Waals surface area (Å²) in [5, 5.41) is 0. The van der Waals surface area contributed by atoms with E-state index in [4.69, 9.17) is 4.74 Å². The van der Waals surface area contributed by atoms with Crippen LogP contribution in [0.3, 0.4) is 0 Å². The van der Waals surface area contributed by atoms with Crippen molar-refractivity contribution in [1.29, 1.82) is 0 Å². The summed E-state index contributed by atoms with van der Waals surface area (Å²) in [5.74, 6) is 0.976. The highest BCUT2D eigenvalue weighted by atomic mass is 32.2. The van der Waals surface area contributed by atoms with E-state index >= 15 is 0 Å². The number of sulfonamides is 1. The summed E-state index contributed by atoms with van der Waals surface area (Å²) in [6.07, 6.45) is 1.24. The third-order valence-electron chi connectivity index (χ3n) is 3.34. The molecule has 0 atom stereocenters. The smallest absolute Gasteiger partial charge is 0.211 e. The Bertz CT molecular complexity index is 559. The lowest BCUT2D eigenvalue weighted by molar-refractivity contribution is 0.408. The second kappa shape index (κ2) is 7.27. The Hall–Kier alpha value is -1.07. The monoisotopic (exact) mass is 313 g/mol. The van der Waals surface area contributed by atoms with E-state index in [0.717, 1.165) is 11.3 Å². The minimum absolute atomic E-state index is 0.0583. The quantitative estimate of drug-likeness (QED) is 0.842. The molecule has 0 saturated heterocycles. The van der Waals surface area contributed by atoms with Crippen LogP contribution in [0.2, 0.25) is 0 Å². The summed E-state index contributed by atoms with van der Waals surface area (Å²) < 4.78 is 31.3. The summed E-state index contributed by atoms with van der Waals surface area (Å²) in [6.45, 7) is 8.72. The minimum atomic E-state index is -3.15. The molecule has 1 rings (SSSR count). The lowest BCUT2D eigenvalue weighted by Crippen LogP contribution is -2.28. The molecular weight excluding hydrogens is 286 g/mol. The SMILES string of the molecule is CCCS(=O)(=O)NCCc1cc(C(C)(C)C)ccc1OC. The van der Waals surface area contributed by atoms with Gasteiger partial charge < -0.3 is 4.74 Å². The normalized spacial score (nSPS) is 12.4. The summed E-state index contributed by atoms with van der Waals surface area (Å²) in [5.41, 5.74) is 2.31. The van der Waals surface area contributed by atoms with Crippen LogP contribution in [0.15, 0.2) is 18.2 Å². The van der Waals surface area contributed by atoms with Crippen LogP contribution < -0.4 is 9.46 Å². The minimum Gasteiger partial charge on any atom is -0.496 e. The van der Waals surface area contributed by atoms with Gasteiger partial charge in [0, 0.05) is 6.54 Å². The van der Waals surface area contributed by atoms with E-state index in [2.05, 4.69) is 37.6 Å². The molecule has 0 aliphatic carbocycles. The predicted octanol–water partition coefficient (Wildman–Crippen LogP) is 2.86. The van der Waals surface area contributed by atoms with Crippen LogP contribution in [0, 0.1) is 0 Å².